The van der Waals surface area contributed by atoms with Crippen molar-refractivity contribution in [1.82, 2.24) is 19.3 Å². The van der Waals surface area contributed by atoms with Crippen LogP contribution in [0.3, 0.4) is 0 Å². The first-order valence-electron chi connectivity index (χ1n) is 11.6. The van der Waals surface area contributed by atoms with E-state index in [4.69, 9.17) is 25.6 Å². The highest BCUT2D eigenvalue weighted by Crippen LogP contribution is 2.26. The fourth-order valence-corrected chi connectivity index (χ4v) is 4.24. The summed E-state index contributed by atoms with van der Waals surface area (Å²) in [5.41, 5.74) is 2.84. The van der Waals surface area contributed by atoms with Crippen LogP contribution in [-0.4, -0.2) is 63.5 Å². The fraction of sp³-hybridized carbons (Fsp3) is 0.360. The van der Waals surface area contributed by atoms with Crippen molar-refractivity contribution in [2.75, 3.05) is 26.8 Å². The van der Waals surface area contributed by atoms with E-state index < -0.39 is 11.9 Å². The normalized spacial score (nSPS) is 15.9. The van der Waals surface area contributed by atoms with Crippen LogP contribution in [-0.2, 0) is 4.74 Å². The standard InChI is InChI=1S/C25H26FN9O2/c1-16(32-19-5-7-34(15-28)8-6-19)25(33-29)17-9-23-31-13-20(11-27)35(23)24(10-17)37-22(14-36-2)21-4-3-18(26)12-30-21/h3-4,9-10,12-13,19,22H,5-8,14,29H2,1-2H3/b32-16?,33-25+/t22-/m1/s1. The zero-order valence-corrected chi connectivity index (χ0v) is 20.5. The Balaban J connectivity index is 1.72. The maximum absolute atomic E-state index is 13.5. The molecule has 1 aliphatic heterocycles. The first-order valence-corrected chi connectivity index (χ1v) is 11.6. The van der Waals surface area contributed by atoms with Gasteiger partial charge in [-0.2, -0.15) is 15.6 Å². The Bertz CT molecular complexity index is 1390. The number of aromatic nitrogens is 3. The third-order valence-electron chi connectivity index (χ3n) is 6.08. The molecule has 0 bridgehead atoms. The maximum atomic E-state index is 13.5. The number of pyridine rings is 2. The van der Waals surface area contributed by atoms with Crippen molar-refractivity contribution in [3.63, 3.8) is 0 Å². The third kappa shape index (κ3) is 5.66. The molecule has 4 rings (SSSR count). The Morgan fingerprint density at radius 3 is 2.65 bits per heavy atom. The summed E-state index contributed by atoms with van der Waals surface area (Å²) in [5.74, 6) is 5.62. The van der Waals surface area contributed by atoms with Crippen molar-refractivity contribution >= 4 is 17.1 Å². The van der Waals surface area contributed by atoms with Gasteiger partial charge >= 0.3 is 0 Å². The van der Waals surface area contributed by atoms with E-state index in [2.05, 4.69) is 27.3 Å². The summed E-state index contributed by atoms with van der Waals surface area (Å²) in [6.45, 7) is 3.26. The number of methoxy groups -OCH3 is 1. The zero-order valence-electron chi connectivity index (χ0n) is 20.5. The maximum Gasteiger partial charge on any atom is 0.201 e. The molecule has 0 aliphatic carbocycles. The smallest absolute Gasteiger partial charge is 0.201 e. The molecule has 0 spiro atoms. The van der Waals surface area contributed by atoms with Crippen molar-refractivity contribution in [2.24, 2.45) is 15.9 Å². The first kappa shape index (κ1) is 25.5. The highest BCUT2D eigenvalue weighted by molar-refractivity contribution is 6.47. The van der Waals surface area contributed by atoms with Gasteiger partial charge in [0.25, 0.3) is 0 Å². The van der Waals surface area contributed by atoms with Gasteiger partial charge in [0.2, 0.25) is 5.88 Å². The molecule has 1 saturated heterocycles. The molecule has 0 radical (unpaired) electrons. The van der Waals surface area contributed by atoms with Gasteiger partial charge in [0.15, 0.2) is 12.3 Å². The molecule has 3 aromatic rings. The number of hydrazone groups is 1. The third-order valence-corrected chi connectivity index (χ3v) is 6.08. The molecule has 0 amide bonds. The molecule has 1 aliphatic rings. The molecule has 1 atom stereocenters. The number of nitriles is 2. The highest BCUT2D eigenvalue weighted by Gasteiger charge is 2.22. The molecule has 0 unspecified atom stereocenters. The predicted octanol–water partition coefficient (Wildman–Crippen LogP) is 2.58. The van der Waals surface area contributed by atoms with Crippen LogP contribution in [0, 0.1) is 28.6 Å². The Kier molecular flexibility index (Phi) is 7.91. The number of fused-ring (bicyclic) bond motifs is 1. The molecule has 3 aromatic heterocycles. The monoisotopic (exact) mass is 503 g/mol. The van der Waals surface area contributed by atoms with E-state index in [9.17, 15) is 9.65 Å². The van der Waals surface area contributed by atoms with Crippen molar-refractivity contribution in [1.29, 1.82) is 10.5 Å². The summed E-state index contributed by atoms with van der Waals surface area (Å²) in [6.07, 6.45) is 5.53. The van der Waals surface area contributed by atoms with Crippen LogP contribution in [0.5, 0.6) is 5.88 Å². The SMILES string of the molecule is COC[C@@H](Oc1cc(/C(=N/N)C(C)=NC2CCN(C#N)CC2)cc2ncc(C#N)n12)c1ccc(F)cn1. The summed E-state index contributed by atoms with van der Waals surface area (Å²) in [5, 5.41) is 22.7. The number of rotatable bonds is 8. The lowest BCUT2D eigenvalue weighted by Crippen LogP contribution is -2.32. The average Bonchev–Trinajstić information content (AvgIpc) is 3.33. The van der Waals surface area contributed by atoms with Gasteiger partial charge in [-0.05, 0) is 38.0 Å². The van der Waals surface area contributed by atoms with Crippen LogP contribution in [0.15, 0.2) is 46.8 Å². The van der Waals surface area contributed by atoms with Gasteiger partial charge in [-0.3, -0.25) is 14.4 Å². The summed E-state index contributed by atoms with van der Waals surface area (Å²) in [7, 11) is 1.52. The predicted molar refractivity (Wildman–Crippen MR) is 133 cm³/mol. The van der Waals surface area contributed by atoms with E-state index in [1.54, 1.807) is 21.4 Å². The summed E-state index contributed by atoms with van der Waals surface area (Å²) >= 11 is 0. The topological polar surface area (TPSA) is 150 Å². The van der Waals surface area contributed by atoms with E-state index in [0.717, 1.165) is 19.0 Å². The van der Waals surface area contributed by atoms with E-state index in [-0.39, 0.29) is 24.2 Å². The number of nitrogens with zero attached hydrogens (tertiary/aromatic N) is 8. The van der Waals surface area contributed by atoms with Gasteiger partial charge < -0.3 is 20.2 Å². The number of hydrogen-bond donors (Lipinski definition) is 1. The minimum atomic E-state index is -0.698. The molecule has 0 aromatic carbocycles. The second-order valence-electron chi connectivity index (χ2n) is 8.50. The van der Waals surface area contributed by atoms with Crippen LogP contribution >= 0.6 is 0 Å². The Hall–Kier alpha value is -4.55. The minimum absolute atomic E-state index is 0.0491. The number of likely N-dealkylation sites (tertiary alicyclic amines) is 1. The largest absolute Gasteiger partial charge is 0.466 e. The van der Waals surface area contributed by atoms with Crippen molar-refractivity contribution in [3.8, 4) is 18.1 Å². The van der Waals surface area contributed by atoms with Crippen molar-refractivity contribution in [2.45, 2.75) is 31.9 Å². The zero-order chi connectivity index (χ0) is 26.4. The van der Waals surface area contributed by atoms with Crippen LogP contribution in [0.2, 0.25) is 0 Å². The van der Waals surface area contributed by atoms with Gasteiger partial charge in [-0.25, -0.2) is 9.37 Å². The van der Waals surface area contributed by atoms with Gasteiger partial charge in [0.05, 0.1) is 36.4 Å². The number of ether oxygens (including phenoxy) is 2. The number of nitrogens with two attached hydrogens (primary N) is 1. The lowest BCUT2D eigenvalue weighted by molar-refractivity contribution is 0.0742. The lowest BCUT2D eigenvalue weighted by atomic mass is 10.0. The Labute approximate surface area is 213 Å². The highest BCUT2D eigenvalue weighted by atomic mass is 19.1. The number of imidazole rings is 1. The summed E-state index contributed by atoms with van der Waals surface area (Å²) in [6, 6.07) is 8.41. The Morgan fingerprint density at radius 2 is 2.03 bits per heavy atom. The van der Waals surface area contributed by atoms with Gasteiger partial charge in [-0.15, -0.1) is 0 Å². The number of hydrogen-bond acceptors (Lipinski definition) is 10. The van der Waals surface area contributed by atoms with Crippen LogP contribution in [0.1, 0.15) is 42.8 Å². The number of halogens is 1. The van der Waals surface area contributed by atoms with Crippen molar-refractivity contribution in [3.05, 3.63) is 59.4 Å². The van der Waals surface area contributed by atoms with Crippen molar-refractivity contribution < 1.29 is 13.9 Å². The molecule has 1 fully saturated rings. The second kappa shape index (κ2) is 11.5. The molecule has 12 heteroatoms. The lowest BCUT2D eigenvalue weighted by Gasteiger charge is -2.26. The molecule has 11 nitrogen and oxygen atoms in total. The molecule has 2 N–H and O–H groups in total. The van der Waals surface area contributed by atoms with Gasteiger partial charge in [0, 0.05) is 31.8 Å². The minimum Gasteiger partial charge on any atom is -0.466 e. The molecular formula is C25H26FN9O2. The van der Waals surface area contributed by atoms with Crippen LogP contribution in [0.4, 0.5) is 4.39 Å². The molecule has 4 heterocycles. The van der Waals surface area contributed by atoms with E-state index in [0.29, 0.717) is 41.4 Å². The summed E-state index contributed by atoms with van der Waals surface area (Å²) in [4.78, 5) is 15.0. The fourth-order valence-electron chi connectivity index (χ4n) is 4.24. The Morgan fingerprint density at radius 1 is 1.24 bits per heavy atom. The average molecular weight is 504 g/mol. The van der Waals surface area contributed by atoms with Crippen LogP contribution < -0.4 is 10.6 Å². The quantitative estimate of drug-likeness (QED) is 0.213. The second-order valence-corrected chi connectivity index (χ2v) is 8.50. The molecular weight excluding hydrogens is 477 g/mol. The van der Waals surface area contributed by atoms with Gasteiger partial charge in [-0.1, -0.05) is 0 Å². The number of piperidine rings is 1. The molecule has 37 heavy (non-hydrogen) atoms. The van der Waals surface area contributed by atoms with Gasteiger partial charge in [0.1, 0.15) is 28.9 Å². The van der Waals surface area contributed by atoms with Crippen LogP contribution in [0.25, 0.3) is 5.65 Å². The van der Waals surface area contributed by atoms with E-state index in [1.807, 2.05) is 6.92 Å². The van der Waals surface area contributed by atoms with E-state index in [1.165, 1.54) is 25.4 Å². The number of aliphatic imine (C=N–C) groups is 1. The first-order chi connectivity index (χ1) is 18.0. The van der Waals surface area contributed by atoms with E-state index >= 15 is 0 Å². The summed E-state index contributed by atoms with van der Waals surface area (Å²) < 4.78 is 26.6. The molecule has 0 saturated carbocycles. The molecule has 190 valence electrons.